The van der Waals surface area contributed by atoms with Crippen molar-refractivity contribution in [1.82, 2.24) is 5.32 Å². The number of likely N-dealkylation sites (N-methyl/N-ethyl adjacent to an activating group) is 1. The van der Waals surface area contributed by atoms with Gasteiger partial charge in [-0.1, -0.05) is 17.7 Å². The van der Waals surface area contributed by atoms with E-state index in [1.54, 1.807) is 19.2 Å². The van der Waals surface area contributed by atoms with E-state index in [9.17, 15) is 4.39 Å². The molecule has 0 spiro atoms. The molecule has 0 unspecified atom stereocenters. The van der Waals surface area contributed by atoms with Crippen LogP contribution >= 0.6 is 11.6 Å². The fourth-order valence-corrected chi connectivity index (χ4v) is 1.09. The van der Waals surface area contributed by atoms with E-state index in [2.05, 4.69) is 5.32 Å². The minimum atomic E-state index is -0.427. The Labute approximate surface area is 81.7 Å². The summed E-state index contributed by atoms with van der Waals surface area (Å²) in [6.45, 7) is 1.06. The Hall–Kier alpha value is -0.800. The van der Waals surface area contributed by atoms with Crippen molar-refractivity contribution in [2.75, 3.05) is 20.2 Å². The van der Waals surface area contributed by atoms with Crippen molar-refractivity contribution in [3.05, 3.63) is 29.0 Å². The van der Waals surface area contributed by atoms with Crippen molar-refractivity contribution in [1.29, 1.82) is 0 Å². The first-order chi connectivity index (χ1) is 6.25. The molecule has 1 rings (SSSR count). The first-order valence-electron chi connectivity index (χ1n) is 3.97. The third-order valence-electron chi connectivity index (χ3n) is 1.52. The lowest BCUT2D eigenvalue weighted by Gasteiger charge is -2.07. The molecular weight excluding hydrogens is 193 g/mol. The second-order valence-electron chi connectivity index (χ2n) is 2.50. The fraction of sp³-hybridized carbons (Fsp3) is 0.333. The summed E-state index contributed by atoms with van der Waals surface area (Å²) in [7, 11) is 1.80. The van der Waals surface area contributed by atoms with Gasteiger partial charge < -0.3 is 10.1 Å². The van der Waals surface area contributed by atoms with Crippen molar-refractivity contribution < 1.29 is 9.13 Å². The van der Waals surface area contributed by atoms with E-state index in [4.69, 9.17) is 16.3 Å². The van der Waals surface area contributed by atoms with E-state index in [1.165, 1.54) is 6.07 Å². The molecule has 13 heavy (non-hydrogen) atoms. The minimum Gasteiger partial charge on any atom is -0.488 e. The van der Waals surface area contributed by atoms with Crippen LogP contribution < -0.4 is 10.1 Å². The van der Waals surface area contributed by atoms with Gasteiger partial charge in [0, 0.05) is 6.54 Å². The molecule has 1 N–H and O–H groups in total. The number of ether oxygens (including phenoxy) is 1. The first kappa shape index (κ1) is 10.3. The van der Waals surface area contributed by atoms with Crippen LogP contribution in [0, 0.1) is 5.82 Å². The van der Waals surface area contributed by atoms with Crippen LogP contribution in [0.15, 0.2) is 18.2 Å². The Morgan fingerprint density at radius 1 is 1.54 bits per heavy atom. The van der Waals surface area contributed by atoms with Gasteiger partial charge in [-0.05, 0) is 19.2 Å². The zero-order chi connectivity index (χ0) is 9.68. The monoisotopic (exact) mass is 203 g/mol. The average molecular weight is 204 g/mol. The number of hydrogen-bond donors (Lipinski definition) is 1. The largest absolute Gasteiger partial charge is 0.488 e. The predicted octanol–water partition coefficient (Wildman–Crippen LogP) is 2.08. The maximum absolute atomic E-state index is 13.0. The molecular formula is C9H11ClFNO. The molecule has 0 aliphatic rings. The number of nitrogens with one attached hydrogen (secondary N) is 1. The number of para-hydroxylation sites is 1. The molecule has 0 bridgehead atoms. The van der Waals surface area contributed by atoms with Gasteiger partial charge in [0.05, 0.1) is 5.02 Å². The van der Waals surface area contributed by atoms with Gasteiger partial charge in [-0.15, -0.1) is 0 Å². The second kappa shape index (κ2) is 5.04. The third kappa shape index (κ3) is 2.86. The molecule has 0 atom stereocenters. The van der Waals surface area contributed by atoms with E-state index in [0.717, 1.165) is 0 Å². The second-order valence-corrected chi connectivity index (χ2v) is 2.91. The minimum absolute atomic E-state index is 0.124. The molecule has 1 aromatic carbocycles. The van der Waals surface area contributed by atoms with Crippen LogP contribution in [0.4, 0.5) is 4.39 Å². The number of benzene rings is 1. The molecule has 2 nitrogen and oxygen atoms in total. The highest BCUT2D eigenvalue weighted by molar-refractivity contribution is 6.32. The van der Waals surface area contributed by atoms with Crippen LogP contribution in [0.25, 0.3) is 0 Å². The molecule has 0 aliphatic heterocycles. The molecule has 0 aromatic heterocycles. The Bertz CT molecular complexity index is 260. The van der Waals surface area contributed by atoms with Crippen LogP contribution in [-0.2, 0) is 0 Å². The lowest BCUT2D eigenvalue weighted by atomic mass is 10.3. The zero-order valence-electron chi connectivity index (χ0n) is 7.31. The van der Waals surface area contributed by atoms with Crippen molar-refractivity contribution in [3.8, 4) is 5.75 Å². The molecule has 1 aromatic rings. The highest BCUT2D eigenvalue weighted by Crippen LogP contribution is 2.26. The van der Waals surface area contributed by atoms with Gasteiger partial charge >= 0.3 is 0 Å². The molecule has 0 heterocycles. The highest BCUT2D eigenvalue weighted by atomic mass is 35.5. The molecule has 0 fully saturated rings. The van der Waals surface area contributed by atoms with E-state index < -0.39 is 5.82 Å². The van der Waals surface area contributed by atoms with Crippen LogP contribution in [-0.4, -0.2) is 20.2 Å². The standard InChI is InChI=1S/C9H11ClFNO/c1-12-5-6-13-9-7(10)3-2-4-8(9)11/h2-4,12H,5-6H2,1H3. The highest BCUT2D eigenvalue weighted by Gasteiger charge is 2.06. The van der Waals surface area contributed by atoms with Gasteiger partial charge in [-0.25, -0.2) is 4.39 Å². The Balaban J connectivity index is 2.64. The van der Waals surface area contributed by atoms with Crippen molar-refractivity contribution >= 4 is 11.6 Å². The van der Waals surface area contributed by atoms with Crippen molar-refractivity contribution in [2.45, 2.75) is 0 Å². The van der Waals surface area contributed by atoms with Crippen LogP contribution in [0.3, 0.4) is 0 Å². The topological polar surface area (TPSA) is 21.3 Å². The van der Waals surface area contributed by atoms with E-state index >= 15 is 0 Å². The van der Waals surface area contributed by atoms with Gasteiger partial charge in [0.15, 0.2) is 11.6 Å². The van der Waals surface area contributed by atoms with E-state index in [-0.39, 0.29) is 5.75 Å². The summed E-state index contributed by atoms with van der Waals surface area (Å²) in [5, 5.41) is 3.19. The van der Waals surface area contributed by atoms with E-state index in [0.29, 0.717) is 18.2 Å². The molecule has 4 heteroatoms. The maximum atomic E-state index is 13.0. The number of rotatable bonds is 4. The zero-order valence-corrected chi connectivity index (χ0v) is 8.07. The van der Waals surface area contributed by atoms with E-state index in [1.807, 2.05) is 0 Å². The Morgan fingerprint density at radius 2 is 2.31 bits per heavy atom. The normalized spacial score (nSPS) is 10.1. The molecule has 0 saturated heterocycles. The summed E-state index contributed by atoms with van der Waals surface area (Å²) < 4.78 is 18.2. The Morgan fingerprint density at radius 3 is 2.92 bits per heavy atom. The first-order valence-corrected chi connectivity index (χ1v) is 4.35. The summed E-state index contributed by atoms with van der Waals surface area (Å²) in [5.74, 6) is -0.303. The molecule has 0 saturated carbocycles. The number of halogens is 2. The summed E-state index contributed by atoms with van der Waals surface area (Å²) in [5.41, 5.74) is 0. The molecule has 0 radical (unpaired) electrons. The van der Waals surface area contributed by atoms with Crippen LogP contribution in [0.1, 0.15) is 0 Å². The predicted molar refractivity (Wildman–Crippen MR) is 50.8 cm³/mol. The smallest absolute Gasteiger partial charge is 0.173 e. The molecule has 72 valence electrons. The lowest BCUT2D eigenvalue weighted by Crippen LogP contribution is -2.16. The molecule has 0 aliphatic carbocycles. The summed E-state index contributed by atoms with van der Waals surface area (Å²) in [6.07, 6.45) is 0. The quantitative estimate of drug-likeness (QED) is 0.757. The lowest BCUT2D eigenvalue weighted by molar-refractivity contribution is 0.303. The fourth-order valence-electron chi connectivity index (χ4n) is 0.876. The van der Waals surface area contributed by atoms with Gasteiger partial charge in [-0.3, -0.25) is 0 Å². The molecule has 0 amide bonds. The average Bonchev–Trinajstić information content (AvgIpc) is 2.10. The van der Waals surface area contributed by atoms with Crippen LogP contribution in [0.5, 0.6) is 5.75 Å². The van der Waals surface area contributed by atoms with Crippen molar-refractivity contribution in [3.63, 3.8) is 0 Å². The SMILES string of the molecule is CNCCOc1c(F)cccc1Cl. The van der Waals surface area contributed by atoms with Gasteiger partial charge in [0.1, 0.15) is 6.61 Å². The summed E-state index contributed by atoms with van der Waals surface area (Å²) in [4.78, 5) is 0. The van der Waals surface area contributed by atoms with Crippen LogP contribution in [0.2, 0.25) is 5.02 Å². The van der Waals surface area contributed by atoms with Gasteiger partial charge in [0.2, 0.25) is 0 Å². The Kier molecular flexibility index (Phi) is 3.99. The van der Waals surface area contributed by atoms with Gasteiger partial charge in [-0.2, -0.15) is 0 Å². The number of hydrogen-bond acceptors (Lipinski definition) is 2. The van der Waals surface area contributed by atoms with Gasteiger partial charge in [0.25, 0.3) is 0 Å². The summed E-state index contributed by atoms with van der Waals surface area (Å²) in [6, 6.07) is 4.46. The third-order valence-corrected chi connectivity index (χ3v) is 1.82. The van der Waals surface area contributed by atoms with Crippen molar-refractivity contribution in [2.24, 2.45) is 0 Å². The summed E-state index contributed by atoms with van der Waals surface area (Å²) >= 11 is 5.72. The maximum Gasteiger partial charge on any atom is 0.173 e.